The molecule has 0 rings (SSSR count). The highest BCUT2D eigenvalue weighted by atomic mass is 32.1. The zero-order valence-electron chi connectivity index (χ0n) is 6.64. The summed E-state index contributed by atoms with van der Waals surface area (Å²) in [6.45, 7) is 3.31. The van der Waals surface area contributed by atoms with Crippen LogP contribution < -0.4 is 0 Å². The third-order valence-corrected chi connectivity index (χ3v) is 1.80. The molecular weight excluding hydrogens is 189 g/mol. The van der Waals surface area contributed by atoms with Gasteiger partial charge in [-0.3, -0.25) is 4.79 Å². The predicted octanol–water partition coefficient (Wildman–Crippen LogP) is 2.59. The summed E-state index contributed by atoms with van der Waals surface area (Å²) in [6.07, 6.45) is -4.28. The molecule has 0 saturated carbocycles. The van der Waals surface area contributed by atoms with E-state index in [1.807, 2.05) is 0 Å². The number of hydrogen-bond acceptors (Lipinski definition) is 2. The highest BCUT2D eigenvalue weighted by molar-refractivity contribution is 7.84. The van der Waals surface area contributed by atoms with Gasteiger partial charge < -0.3 is 0 Å². The van der Waals surface area contributed by atoms with Crippen molar-refractivity contribution in [2.45, 2.75) is 20.0 Å². The lowest BCUT2D eigenvalue weighted by Gasteiger charge is -2.04. The van der Waals surface area contributed by atoms with Gasteiger partial charge in [-0.2, -0.15) is 13.2 Å². The van der Waals surface area contributed by atoms with E-state index in [4.69, 9.17) is 0 Å². The second kappa shape index (κ2) is 3.98. The molecule has 70 valence electrons. The van der Waals surface area contributed by atoms with E-state index in [-0.39, 0.29) is 10.8 Å². The predicted molar refractivity (Wildman–Crippen MR) is 43.0 cm³/mol. The van der Waals surface area contributed by atoms with E-state index in [1.54, 1.807) is 13.8 Å². The van der Waals surface area contributed by atoms with E-state index in [0.29, 0.717) is 6.08 Å². The van der Waals surface area contributed by atoms with Crippen LogP contribution in [0.15, 0.2) is 11.0 Å². The topological polar surface area (TPSA) is 17.1 Å². The largest absolute Gasteiger partial charge is 0.454 e. The third-order valence-electron chi connectivity index (χ3n) is 1.15. The van der Waals surface area contributed by atoms with Gasteiger partial charge in [0.05, 0.1) is 0 Å². The molecular formula is C7H9F3OS. The van der Waals surface area contributed by atoms with Crippen molar-refractivity contribution < 1.29 is 18.0 Å². The summed E-state index contributed by atoms with van der Waals surface area (Å²) in [7, 11) is 0. The number of rotatable bonds is 2. The van der Waals surface area contributed by atoms with E-state index in [9.17, 15) is 18.0 Å². The summed E-state index contributed by atoms with van der Waals surface area (Å²) in [5, 5.41) is 0. The Hall–Kier alpha value is -0.450. The molecule has 0 aliphatic rings. The average molecular weight is 198 g/mol. The van der Waals surface area contributed by atoms with Crippen LogP contribution in [0.2, 0.25) is 0 Å². The molecule has 0 fully saturated rings. The van der Waals surface area contributed by atoms with E-state index in [0.717, 1.165) is 0 Å². The first kappa shape index (κ1) is 11.6. The van der Waals surface area contributed by atoms with E-state index >= 15 is 0 Å². The molecule has 5 heteroatoms. The maximum absolute atomic E-state index is 11.6. The van der Waals surface area contributed by atoms with Crippen LogP contribution in [-0.2, 0) is 4.79 Å². The Kier molecular flexibility index (Phi) is 3.83. The molecule has 0 aliphatic carbocycles. The molecule has 0 aromatic heterocycles. The number of carbonyl (C=O) groups is 1. The monoisotopic (exact) mass is 198 g/mol. The molecule has 0 unspecified atom stereocenters. The number of hydrogen-bond donors (Lipinski definition) is 1. The van der Waals surface area contributed by atoms with Gasteiger partial charge >= 0.3 is 6.18 Å². The number of alkyl halides is 3. The van der Waals surface area contributed by atoms with Crippen molar-refractivity contribution in [3.05, 3.63) is 11.0 Å². The SMILES string of the molecule is CC(C)/C(S)=C/C(=O)C(F)(F)F. The van der Waals surface area contributed by atoms with Crippen LogP contribution in [0, 0.1) is 5.92 Å². The van der Waals surface area contributed by atoms with Crippen molar-refractivity contribution in [3.8, 4) is 0 Å². The van der Waals surface area contributed by atoms with Crippen molar-refractivity contribution in [3.63, 3.8) is 0 Å². The first-order valence-electron chi connectivity index (χ1n) is 3.27. The number of allylic oxidation sites excluding steroid dienone is 2. The molecule has 0 aliphatic heterocycles. The lowest BCUT2D eigenvalue weighted by molar-refractivity contribution is -0.165. The van der Waals surface area contributed by atoms with Crippen molar-refractivity contribution in [2.24, 2.45) is 5.92 Å². The highest BCUT2D eigenvalue weighted by Gasteiger charge is 2.36. The molecule has 0 radical (unpaired) electrons. The Labute approximate surface area is 74.1 Å². The minimum Gasteiger partial charge on any atom is -0.285 e. The van der Waals surface area contributed by atoms with Crippen LogP contribution in [0.4, 0.5) is 13.2 Å². The van der Waals surface area contributed by atoms with E-state index in [2.05, 4.69) is 12.6 Å². The smallest absolute Gasteiger partial charge is 0.285 e. The lowest BCUT2D eigenvalue weighted by Crippen LogP contribution is -2.20. The molecule has 1 nitrogen and oxygen atoms in total. The lowest BCUT2D eigenvalue weighted by atomic mass is 10.2. The van der Waals surface area contributed by atoms with Gasteiger partial charge in [-0.1, -0.05) is 13.8 Å². The molecule has 12 heavy (non-hydrogen) atoms. The summed E-state index contributed by atoms with van der Waals surface area (Å²) in [6, 6.07) is 0. The van der Waals surface area contributed by atoms with Gasteiger partial charge in [0.15, 0.2) is 0 Å². The van der Waals surface area contributed by atoms with Gasteiger partial charge in [-0.15, -0.1) is 12.6 Å². The fourth-order valence-electron chi connectivity index (χ4n) is 0.383. The molecule has 0 amide bonds. The van der Waals surface area contributed by atoms with Crippen molar-refractivity contribution in [1.82, 2.24) is 0 Å². The quantitative estimate of drug-likeness (QED) is 0.533. The number of halogens is 3. The zero-order valence-corrected chi connectivity index (χ0v) is 7.54. The van der Waals surface area contributed by atoms with Gasteiger partial charge in [0.1, 0.15) is 0 Å². The van der Waals surface area contributed by atoms with E-state index in [1.165, 1.54) is 0 Å². The molecule has 0 aromatic rings. The Bertz CT molecular complexity index is 205. The minimum atomic E-state index is -4.79. The maximum atomic E-state index is 11.6. The molecule has 0 bridgehead atoms. The molecule has 0 atom stereocenters. The molecule has 0 heterocycles. The summed E-state index contributed by atoms with van der Waals surface area (Å²) in [5.74, 6) is -2.03. The van der Waals surface area contributed by atoms with E-state index < -0.39 is 12.0 Å². The van der Waals surface area contributed by atoms with Gasteiger partial charge in [-0.05, 0) is 10.8 Å². The second-order valence-corrected chi connectivity index (χ2v) is 3.10. The van der Waals surface area contributed by atoms with Crippen LogP contribution in [-0.4, -0.2) is 12.0 Å². The maximum Gasteiger partial charge on any atom is 0.454 e. The molecule has 0 saturated heterocycles. The number of ketones is 1. The second-order valence-electron chi connectivity index (χ2n) is 2.59. The molecule has 0 aromatic carbocycles. The molecule has 0 N–H and O–H groups in total. The zero-order chi connectivity index (χ0) is 9.94. The fraction of sp³-hybridized carbons (Fsp3) is 0.571. The normalized spacial score (nSPS) is 13.8. The fourth-order valence-corrected chi connectivity index (χ4v) is 0.500. The van der Waals surface area contributed by atoms with Crippen LogP contribution in [0.1, 0.15) is 13.8 Å². The van der Waals surface area contributed by atoms with Gasteiger partial charge in [0, 0.05) is 6.08 Å². The van der Waals surface area contributed by atoms with Crippen molar-refractivity contribution >= 4 is 18.4 Å². The summed E-state index contributed by atoms with van der Waals surface area (Å²) in [5.41, 5.74) is 0. The first-order chi connectivity index (χ1) is 5.25. The summed E-state index contributed by atoms with van der Waals surface area (Å²) >= 11 is 3.74. The number of carbonyl (C=O) groups excluding carboxylic acids is 1. The Morgan fingerprint density at radius 3 is 2.08 bits per heavy atom. The van der Waals surface area contributed by atoms with Gasteiger partial charge in [0.2, 0.25) is 0 Å². The van der Waals surface area contributed by atoms with Crippen LogP contribution >= 0.6 is 12.6 Å². The minimum absolute atomic E-state index is 0.136. The average Bonchev–Trinajstić information content (AvgIpc) is 1.85. The summed E-state index contributed by atoms with van der Waals surface area (Å²) < 4.78 is 34.9. The first-order valence-corrected chi connectivity index (χ1v) is 3.71. The summed E-state index contributed by atoms with van der Waals surface area (Å²) in [4.78, 5) is 10.5. The Morgan fingerprint density at radius 1 is 1.42 bits per heavy atom. The van der Waals surface area contributed by atoms with Crippen molar-refractivity contribution in [1.29, 1.82) is 0 Å². The number of thiol groups is 1. The van der Waals surface area contributed by atoms with Gasteiger partial charge in [-0.25, -0.2) is 0 Å². The Balaban J connectivity index is 4.46. The van der Waals surface area contributed by atoms with Gasteiger partial charge in [0.25, 0.3) is 5.78 Å². The van der Waals surface area contributed by atoms with Crippen LogP contribution in [0.25, 0.3) is 0 Å². The van der Waals surface area contributed by atoms with Crippen LogP contribution in [0.3, 0.4) is 0 Å². The van der Waals surface area contributed by atoms with Crippen LogP contribution in [0.5, 0.6) is 0 Å². The Morgan fingerprint density at radius 2 is 1.83 bits per heavy atom. The highest BCUT2D eigenvalue weighted by Crippen LogP contribution is 2.20. The standard InChI is InChI=1S/C7H9F3OS/c1-4(2)5(12)3-6(11)7(8,9)10/h3-4,12H,1-2H3/b5-3-. The molecule has 0 spiro atoms. The van der Waals surface area contributed by atoms with Crippen molar-refractivity contribution in [2.75, 3.05) is 0 Å². The third kappa shape index (κ3) is 3.80.